The number of hydrogen-bond donors (Lipinski definition) is 2. The third-order valence-electron chi connectivity index (χ3n) is 5.83. The molecule has 168 valence electrons. The predicted molar refractivity (Wildman–Crippen MR) is 142 cm³/mol. The third kappa shape index (κ3) is 6.01. The molecule has 1 amide bonds. The van der Waals surface area contributed by atoms with Crippen molar-refractivity contribution < 1.29 is 4.79 Å². The van der Waals surface area contributed by atoms with Gasteiger partial charge in [0, 0.05) is 42.9 Å². The third-order valence-corrected chi connectivity index (χ3v) is 5.83. The maximum Gasteiger partial charge on any atom is 0.251 e. The van der Waals surface area contributed by atoms with Crippen LogP contribution >= 0.6 is 0 Å². The number of aromatic nitrogens is 1. The molecule has 0 radical (unpaired) electrons. The number of aryl methyl sites for hydroxylation is 2. The molecule has 0 saturated heterocycles. The van der Waals surface area contributed by atoms with Crippen LogP contribution in [0.4, 0.5) is 0 Å². The first-order chi connectivity index (χ1) is 15.7. The van der Waals surface area contributed by atoms with Crippen LogP contribution in [-0.4, -0.2) is 25.8 Å². The zero-order valence-electron chi connectivity index (χ0n) is 20.3. The average molecular weight is 437 g/mol. The van der Waals surface area contributed by atoms with E-state index >= 15 is 0 Å². The van der Waals surface area contributed by atoms with Crippen LogP contribution in [0.2, 0.25) is 0 Å². The molecule has 0 spiro atoms. The second kappa shape index (κ2) is 10.3. The van der Waals surface area contributed by atoms with E-state index < -0.39 is 0 Å². The number of nitrogens with one attached hydrogen (secondary N) is 2. The van der Waals surface area contributed by atoms with Gasteiger partial charge < -0.3 is 10.6 Å². The lowest BCUT2D eigenvalue weighted by atomic mass is 9.85. The Kier molecular flexibility index (Phi) is 7.54. The minimum atomic E-state index is -0.188. The van der Waals surface area contributed by atoms with Gasteiger partial charge in [-0.3, -0.25) is 9.78 Å². The predicted octanol–water partition coefficient (Wildman–Crippen LogP) is 3.66. The Balaban J connectivity index is 1.69. The topological polar surface area (TPSA) is 54.0 Å². The maximum absolute atomic E-state index is 12.7. The zero-order chi connectivity index (χ0) is 24.1. The normalized spacial score (nSPS) is 11.3. The molecule has 0 aliphatic rings. The number of carbonyl (C=O) groups excluding carboxylic acids is 1. The molecule has 1 aromatic heterocycles. The number of benzene rings is 2. The van der Waals surface area contributed by atoms with E-state index in [1.165, 1.54) is 11.1 Å². The summed E-state index contributed by atoms with van der Waals surface area (Å²) in [5.74, 6) is -0.188. The highest BCUT2D eigenvalue weighted by Gasteiger charge is 2.10. The molecule has 4 nitrogen and oxygen atoms in total. The number of amides is 1. The van der Waals surface area contributed by atoms with Gasteiger partial charge >= 0.3 is 0 Å². The first-order valence-corrected chi connectivity index (χ1v) is 11.1. The number of pyridine rings is 1. The number of hydrogen-bond acceptors (Lipinski definition) is 3. The molecule has 2 N–H and O–H groups in total. The molecule has 0 unspecified atom stereocenters. The molecule has 0 aliphatic heterocycles. The van der Waals surface area contributed by atoms with Gasteiger partial charge in [0.25, 0.3) is 5.91 Å². The summed E-state index contributed by atoms with van der Waals surface area (Å²) in [6.45, 7) is 14.6. The van der Waals surface area contributed by atoms with Gasteiger partial charge in [0.15, 0.2) is 0 Å². The highest BCUT2D eigenvalue weighted by molar-refractivity contribution is 6.33. The molecule has 1 heterocycles. The van der Waals surface area contributed by atoms with Crippen molar-refractivity contribution in [1.82, 2.24) is 15.6 Å². The van der Waals surface area contributed by atoms with Crippen LogP contribution in [-0.2, 0) is 17.8 Å². The molecule has 0 bridgehead atoms. The van der Waals surface area contributed by atoms with E-state index in [1.54, 1.807) is 6.08 Å². The van der Waals surface area contributed by atoms with Crippen molar-refractivity contribution in [2.45, 2.75) is 33.7 Å². The first kappa shape index (κ1) is 24.1. The molecule has 3 rings (SSSR count). The van der Waals surface area contributed by atoms with Gasteiger partial charge in [0.05, 0.1) is 5.52 Å². The van der Waals surface area contributed by atoms with Crippen molar-refractivity contribution in [3.8, 4) is 0 Å². The van der Waals surface area contributed by atoms with E-state index in [0.717, 1.165) is 44.3 Å². The Morgan fingerprint density at radius 3 is 2.61 bits per heavy atom. The van der Waals surface area contributed by atoms with Gasteiger partial charge in [-0.15, -0.1) is 0 Å². The molecule has 0 aliphatic carbocycles. The maximum atomic E-state index is 12.7. The monoisotopic (exact) mass is 437 g/mol. The summed E-state index contributed by atoms with van der Waals surface area (Å²) in [5, 5.41) is 7.30. The summed E-state index contributed by atoms with van der Waals surface area (Å²) >= 11 is 0. The molecule has 5 heteroatoms. The lowest BCUT2D eigenvalue weighted by molar-refractivity contribution is -0.117. The highest BCUT2D eigenvalue weighted by atomic mass is 16.1. The lowest BCUT2D eigenvalue weighted by Crippen LogP contribution is -2.27. The minimum absolute atomic E-state index is 0.188. The largest absolute Gasteiger partial charge is 0.391 e. The summed E-state index contributed by atoms with van der Waals surface area (Å²) < 4.78 is 0. The Labute approximate surface area is 197 Å². The van der Waals surface area contributed by atoms with E-state index in [4.69, 9.17) is 0 Å². The van der Waals surface area contributed by atoms with Crippen LogP contribution in [0.1, 0.15) is 34.7 Å². The minimum Gasteiger partial charge on any atom is -0.391 e. The number of fused-ring (bicyclic) bond motifs is 1. The summed E-state index contributed by atoms with van der Waals surface area (Å²) in [7, 11) is 3.91. The van der Waals surface area contributed by atoms with Crippen LogP contribution in [0.15, 0.2) is 73.1 Å². The molecule has 3 aromatic rings. The smallest absolute Gasteiger partial charge is 0.251 e. The van der Waals surface area contributed by atoms with Crippen molar-refractivity contribution >= 4 is 35.7 Å². The summed E-state index contributed by atoms with van der Waals surface area (Å²) in [6.07, 6.45) is 4.32. The van der Waals surface area contributed by atoms with Crippen LogP contribution in [0.3, 0.4) is 0 Å². The Morgan fingerprint density at radius 1 is 1.15 bits per heavy atom. The van der Waals surface area contributed by atoms with Crippen molar-refractivity contribution in [1.29, 1.82) is 0 Å². The molecule has 0 saturated carbocycles. The van der Waals surface area contributed by atoms with E-state index in [-0.39, 0.29) is 5.91 Å². The van der Waals surface area contributed by atoms with Gasteiger partial charge in [-0.25, -0.2) is 0 Å². The Hall–Kier alpha value is -3.60. The molecule has 0 fully saturated rings. The second-order valence-electron chi connectivity index (χ2n) is 8.72. The quantitative estimate of drug-likeness (QED) is 0.321. The van der Waals surface area contributed by atoms with E-state index in [2.05, 4.69) is 80.8 Å². The number of rotatable bonds is 8. The van der Waals surface area contributed by atoms with E-state index in [9.17, 15) is 4.79 Å². The Morgan fingerprint density at radius 2 is 1.91 bits per heavy atom. The molecular formula is C28H32BN3O. The number of carbonyl (C=O) groups is 1. The number of likely N-dealkylation sites (N-methyl/N-ethyl adjacent to an activating group) is 1. The van der Waals surface area contributed by atoms with Crippen molar-refractivity contribution in [3.05, 3.63) is 101 Å². The van der Waals surface area contributed by atoms with Crippen molar-refractivity contribution in [2.24, 2.45) is 0 Å². The zero-order valence-corrected chi connectivity index (χ0v) is 20.3. The fourth-order valence-electron chi connectivity index (χ4n) is 3.94. The summed E-state index contributed by atoms with van der Waals surface area (Å²) in [4.78, 5) is 17.3. The van der Waals surface area contributed by atoms with Gasteiger partial charge in [0.2, 0.25) is 0 Å². The lowest BCUT2D eigenvalue weighted by Gasteiger charge is -2.14. The number of allylic oxidation sites excluding steroid dienone is 2. The fraction of sp³-hybridized carbons (Fsp3) is 0.214. The van der Waals surface area contributed by atoms with Crippen LogP contribution in [0, 0.1) is 13.8 Å². The first-order valence-electron chi connectivity index (χ1n) is 11.1. The standard InChI is InChI=1S/C28H32BN3O/c1-17(2)25-14-23(26(29)11-19(25)4)16-32-28(33)20(5)10-24(30-6)13-21-12-22-9-18(3)7-8-27(22)31-15-21/h7-12,14-15,30H,1,5,13,16,29H2,2-4,6H3,(H,32,33)/b24-10-. The summed E-state index contributed by atoms with van der Waals surface area (Å²) in [5.41, 5.74) is 10.1. The molecule has 33 heavy (non-hydrogen) atoms. The van der Waals surface area contributed by atoms with Gasteiger partial charge in [-0.1, -0.05) is 48.0 Å². The highest BCUT2D eigenvalue weighted by Crippen LogP contribution is 2.18. The van der Waals surface area contributed by atoms with E-state index in [0.29, 0.717) is 18.5 Å². The van der Waals surface area contributed by atoms with Crippen LogP contribution in [0.25, 0.3) is 16.5 Å². The second-order valence-corrected chi connectivity index (χ2v) is 8.72. The molecular weight excluding hydrogens is 405 g/mol. The Bertz CT molecular complexity index is 1270. The van der Waals surface area contributed by atoms with Crippen molar-refractivity contribution in [3.63, 3.8) is 0 Å². The van der Waals surface area contributed by atoms with Crippen molar-refractivity contribution in [2.75, 3.05) is 7.05 Å². The fourth-order valence-corrected chi connectivity index (χ4v) is 3.94. The average Bonchev–Trinajstić information content (AvgIpc) is 2.77. The van der Waals surface area contributed by atoms with Gasteiger partial charge in [-0.05, 0) is 67.3 Å². The number of nitrogens with zero attached hydrogens (tertiary/aromatic N) is 1. The van der Waals surface area contributed by atoms with Gasteiger partial charge in [0.1, 0.15) is 7.85 Å². The van der Waals surface area contributed by atoms with Crippen LogP contribution < -0.4 is 16.1 Å². The SMILES string of the molecule is Bc1cc(C)c(C(=C)C)cc1CNC(=O)C(=C)/C=C(/Cc1cnc2ccc(C)cc2c1)NC. The molecule has 2 aromatic carbocycles. The van der Waals surface area contributed by atoms with Crippen LogP contribution in [0.5, 0.6) is 0 Å². The summed E-state index contributed by atoms with van der Waals surface area (Å²) in [6, 6.07) is 12.6. The molecule has 0 atom stereocenters. The van der Waals surface area contributed by atoms with Gasteiger partial charge in [-0.2, -0.15) is 0 Å². The van der Waals surface area contributed by atoms with E-state index in [1.807, 2.05) is 26.2 Å².